The van der Waals surface area contributed by atoms with Gasteiger partial charge in [0.25, 0.3) is 0 Å². The smallest absolute Gasteiger partial charge is 0.136 e. The van der Waals surface area contributed by atoms with Crippen LogP contribution < -0.4 is 4.74 Å². The van der Waals surface area contributed by atoms with Crippen molar-refractivity contribution in [3.63, 3.8) is 0 Å². The van der Waals surface area contributed by atoms with Crippen LogP contribution in [0.2, 0.25) is 0 Å². The first-order valence-electron chi connectivity index (χ1n) is 10.5. The summed E-state index contributed by atoms with van der Waals surface area (Å²) in [4.78, 5) is 9.45. The first-order chi connectivity index (χ1) is 14.8. The number of pyridine rings is 1. The molecule has 0 radical (unpaired) electrons. The number of hydrogen-bond donors (Lipinski definition) is 1. The van der Waals surface area contributed by atoms with Crippen LogP contribution in [0.4, 0.5) is 0 Å². The van der Waals surface area contributed by atoms with E-state index in [1.807, 2.05) is 36.5 Å². The summed E-state index contributed by atoms with van der Waals surface area (Å²) < 4.78 is 7.52. The van der Waals surface area contributed by atoms with Gasteiger partial charge in [0.1, 0.15) is 11.6 Å². The summed E-state index contributed by atoms with van der Waals surface area (Å²) in [5.74, 6) is 1.83. The number of methoxy groups -OCH3 is 1. The van der Waals surface area contributed by atoms with Crippen LogP contribution in [0.3, 0.4) is 0 Å². The lowest BCUT2D eigenvalue weighted by Crippen LogP contribution is -2.52. The van der Waals surface area contributed by atoms with E-state index in [1.54, 1.807) is 7.11 Å². The van der Waals surface area contributed by atoms with Crippen molar-refractivity contribution in [2.24, 2.45) is 0 Å². The normalized spacial score (nSPS) is 17.9. The molecule has 0 aliphatic carbocycles. The summed E-state index contributed by atoms with van der Waals surface area (Å²) in [5, 5.41) is 9.64. The van der Waals surface area contributed by atoms with Gasteiger partial charge in [0.2, 0.25) is 0 Å². The van der Waals surface area contributed by atoms with Crippen LogP contribution in [0, 0.1) is 0 Å². The Morgan fingerprint density at radius 3 is 2.80 bits per heavy atom. The zero-order valence-corrected chi connectivity index (χ0v) is 17.5. The number of hydrogen-bond acceptors (Lipinski definition) is 5. The van der Waals surface area contributed by atoms with Crippen LogP contribution in [0.15, 0.2) is 67.0 Å². The van der Waals surface area contributed by atoms with Crippen molar-refractivity contribution in [3.8, 4) is 11.6 Å². The molecule has 3 heterocycles. The highest BCUT2D eigenvalue weighted by molar-refractivity contribution is 5.29. The topological polar surface area (TPSA) is 53.8 Å². The molecule has 1 fully saturated rings. The Bertz CT molecular complexity index is 928. The summed E-state index contributed by atoms with van der Waals surface area (Å²) >= 11 is 0. The predicted octanol–water partition coefficient (Wildman–Crippen LogP) is 2.95. The highest BCUT2D eigenvalue weighted by Crippen LogP contribution is 2.21. The Hall–Kier alpha value is -2.67. The third kappa shape index (κ3) is 4.90. The van der Waals surface area contributed by atoms with Crippen molar-refractivity contribution in [2.45, 2.75) is 25.6 Å². The van der Waals surface area contributed by atoms with E-state index in [2.05, 4.69) is 49.8 Å². The lowest BCUT2D eigenvalue weighted by molar-refractivity contribution is 0.0491. The zero-order valence-electron chi connectivity index (χ0n) is 17.5. The minimum Gasteiger partial charge on any atom is -0.497 e. The van der Waals surface area contributed by atoms with Crippen LogP contribution in [0.25, 0.3) is 5.82 Å². The minimum atomic E-state index is 0.206. The van der Waals surface area contributed by atoms with Crippen molar-refractivity contribution in [1.29, 1.82) is 0 Å². The van der Waals surface area contributed by atoms with E-state index in [9.17, 15) is 5.11 Å². The summed E-state index contributed by atoms with van der Waals surface area (Å²) in [6, 6.07) is 18.8. The third-order valence-corrected chi connectivity index (χ3v) is 5.79. The SMILES string of the molecule is COc1cccc(CN2CCN(Cc3cccn3-c3ccccn3)CC2CCO)c1. The molecule has 0 amide bonds. The van der Waals surface area contributed by atoms with Gasteiger partial charge in [-0.15, -0.1) is 0 Å². The Labute approximate surface area is 178 Å². The van der Waals surface area contributed by atoms with Crippen molar-refractivity contribution < 1.29 is 9.84 Å². The first-order valence-corrected chi connectivity index (χ1v) is 10.5. The minimum absolute atomic E-state index is 0.206. The van der Waals surface area contributed by atoms with Gasteiger partial charge in [0.05, 0.1) is 7.11 Å². The number of nitrogens with zero attached hydrogens (tertiary/aromatic N) is 4. The molecule has 30 heavy (non-hydrogen) atoms. The molecule has 0 bridgehead atoms. The molecule has 6 nitrogen and oxygen atoms in total. The largest absolute Gasteiger partial charge is 0.497 e. The average Bonchev–Trinajstić information content (AvgIpc) is 3.24. The molecule has 3 aromatic rings. The van der Waals surface area contributed by atoms with E-state index in [4.69, 9.17) is 4.74 Å². The number of benzene rings is 1. The van der Waals surface area contributed by atoms with E-state index >= 15 is 0 Å². The maximum absolute atomic E-state index is 9.64. The number of rotatable bonds is 8. The van der Waals surface area contributed by atoms with Gasteiger partial charge in [-0.1, -0.05) is 18.2 Å². The number of aliphatic hydroxyl groups excluding tert-OH is 1. The molecule has 1 N–H and O–H groups in total. The lowest BCUT2D eigenvalue weighted by atomic mass is 10.1. The monoisotopic (exact) mass is 406 g/mol. The molecule has 0 spiro atoms. The van der Waals surface area contributed by atoms with Crippen molar-refractivity contribution in [3.05, 3.63) is 78.2 Å². The van der Waals surface area contributed by atoms with Gasteiger partial charge >= 0.3 is 0 Å². The second-order valence-electron chi connectivity index (χ2n) is 7.78. The van der Waals surface area contributed by atoms with Gasteiger partial charge in [-0.05, 0) is 48.4 Å². The van der Waals surface area contributed by atoms with Crippen LogP contribution >= 0.6 is 0 Å². The van der Waals surface area contributed by atoms with Crippen molar-refractivity contribution >= 4 is 0 Å². The van der Waals surface area contributed by atoms with E-state index in [0.29, 0.717) is 6.04 Å². The fourth-order valence-corrected chi connectivity index (χ4v) is 4.23. The zero-order chi connectivity index (χ0) is 20.8. The van der Waals surface area contributed by atoms with Gasteiger partial charge in [-0.25, -0.2) is 4.98 Å². The Morgan fingerprint density at radius 1 is 1.07 bits per heavy atom. The summed E-state index contributed by atoms with van der Waals surface area (Å²) in [6.45, 7) is 4.87. The van der Waals surface area contributed by atoms with Crippen LogP contribution in [-0.2, 0) is 13.1 Å². The second kappa shape index (κ2) is 9.89. The molecule has 1 aliphatic rings. The van der Waals surface area contributed by atoms with Gasteiger partial charge < -0.3 is 14.4 Å². The van der Waals surface area contributed by atoms with Crippen LogP contribution in [0.5, 0.6) is 5.75 Å². The fourth-order valence-electron chi connectivity index (χ4n) is 4.23. The van der Waals surface area contributed by atoms with Crippen molar-refractivity contribution in [1.82, 2.24) is 19.4 Å². The van der Waals surface area contributed by atoms with Gasteiger partial charge in [0, 0.05) is 63.5 Å². The number of aliphatic hydroxyl groups is 1. The summed E-state index contributed by atoms with van der Waals surface area (Å²) in [6.07, 6.45) is 4.68. The Kier molecular flexibility index (Phi) is 6.79. The molecular weight excluding hydrogens is 376 g/mol. The maximum Gasteiger partial charge on any atom is 0.136 e. The molecule has 1 atom stereocenters. The highest BCUT2D eigenvalue weighted by Gasteiger charge is 2.27. The highest BCUT2D eigenvalue weighted by atomic mass is 16.5. The molecular formula is C24H30N4O2. The first kappa shape index (κ1) is 20.6. The van der Waals surface area contributed by atoms with E-state index in [-0.39, 0.29) is 6.61 Å². The average molecular weight is 407 g/mol. The molecule has 6 heteroatoms. The third-order valence-electron chi connectivity index (χ3n) is 5.79. The van der Waals surface area contributed by atoms with E-state index in [0.717, 1.165) is 50.7 Å². The quantitative estimate of drug-likeness (QED) is 0.623. The van der Waals surface area contributed by atoms with E-state index in [1.165, 1.54) is 11.3 Å². The van der Waals surface area contributed by atoms with Crippen LogP contribution in [-0.4, -0.2) is 63.9 Å². The second-order valence-corrected chi connectivity index (χ2v) is 7.78. The maximum atomic E-state index is 9.64. The Morgan fingerprint density at radius 2 is 2.00 bits per heavy atom. The summed E-state index contributed by atoms with van der Waals surface area (Å²) in [5.41, 5.74) is 2.48. The molecule has 1 aromatic carbocycles. The lowest BCUT2D eigenvalue weighted by Gasteiger charge is -2.41. The molecule has 2 aromatic heterocycles. The number of ether oxygens (including phenoxy) is 1. The predicted molar refractivity (Wildman–Crippen MR) is 118 cm³/mol. The van der Waals surface area contributed by atoms with Gasteiger partial charge in [0.15, 0.2) is 0 Å². The van der Waals surface area contributed by atoms with E-state index < -0.39 is 0 Å². The van der Waals surface area contributed by atoms with Crippen molar-refractivity contribution in [2.75, 3.05) is 33.4 Å². The standard InChI is InChI=1S/C24H30N4O2/c1-30-23-8-4-6-20(16-23)17-27-14-13-26(18-21(27)10-15-29)19-22-7-5-12-28(22)24-9-2-3-11-25-24/h2-9,11-12,16,21,29H,10,13-15,17-19H2,1H3. The van der Waals surface area contributed by atoms with Gasteiger partial charge in [-0.3, -0.25) is 9.80 Å². The molecule has 158 valence electrons. The van der Waals surface area contributed by atoms with Crippen LogP contribution in [0.1, 0.15) is 17.7 Å². The molecule has 1 aliphatic heterocycles. The number of piperazine rings is 1. The molecule has 0 saturated carbocycles. The summed E-state index contributed by atoms with van der Waals surface area (Å²) in [7, 11) is 1.70. The molecule has 4 rings (SSSR count). The number of aromatic nitrogens is 2. The van der Waals surface area contributed by atoms with Gasteiger partial charge in [-0.2, -0.15) is 0 Å². The Balaban J connectivity index is 1.43. The molecule has 1 unspecified atom stereocenters. The molecule has 1 saturated heterocycles. The fraction of sp³-hybridized carbons (Fsp3) is 0.375.